The third-order valence-electron chi connectivity index (χ3n) is 4.56. The standard InChI is InChI=1S/C21H27N3O3/c1-21(2,3)27-20(26)23-16-10-13-24(14-16)19(15-8-11-22-12-9-15)17-6-4-5-7-18(17)25/h4-9,11-12,16,19,25H,10,13-14H2,1-3H3,(H,23,26)/t16-,19?/m1/s1. The summed E-state index contributed by atoms with van der Waals surface area (Å²) in [4.78, 5) is 18.5. The number of nitrogens with one attached hydrogen (secondary N) is 1. The molecule has 1 amide bonds. The van der Waals surface area contributed by atoms with Gasteiger partial charge >= 0.3 is 6.09 Å². The number of alkyl carbamates (subject to hydrolysis) is 1. The zero-order valence-corrected chi connectivity index (χ0v) is 16.1. The molecule has 1 aliphatic heterocycles. The van der Waals surface area contributed by atoms with E-state index in [0.29, 0.717) is 6.54 Å². The van der Waals surface area contributed by atoms with Crippen LogP contribution in [0.15, 0.2) is 48.8 Å². The van der Waals surface area contributed by atoms with Crippen LogP contribution in [0, 0.1) is 0 Å². The number of aromatic hydroxyl groups is 1. The fraction of sp³-hybridized carbons (Fsp3) is 0.429. The molecule has 1 aliphatic rings. The second kappa shape index (κ2) is 7.96. The van der Waals surface area contributed by atoms with Gasteiger partial charge in [0, 0.05) is 37.1 Å². The van der Waals surface area contributed by atoms with Crippen molar-refractivity contribution in [2.45, 2.75) is 44.9 Å². The van der Waals surface area contributed by atoms with Gasteiger partial charge in [-0.3, -0.25) is 9.88 Å². The molecule has 0 radical (unpaired) electrons. The molecule has 0 spiro atoms. The average Bonchev–Trinajstić information content (AvgIpc) is 3.04. The van der Waals surface area contributed by atoms with E-state index in [1.165, 1.54) is 0 Å². The first-order valence-electron chi connectivity index (χ1n) is 9.25. The van der Waals surface area contributed by atoms with Crippen molar-refractivity contribution in [3.05, 3.63) is 59.9 Å². The van der Waals surface area contributed by atoms with E-state index in [9.17, 15) is 9.90 Å². The molecule has 0 bridgehead atoms. The molecule has 1 aromatic carbocycles. The summed E-state index contributed by atoms with van der Waals surface area (Å²) >= 11 is 0. The first-order valence-corrected chi connectivity index (χ1v) is 9.25. The summed E-state index contributed by atoms with van der Waals surface area (Å²) in [7, 11) is 0. The molecule has 27 heavy (non-hydrogen) atoms. The Morgan fingerprint density at radius 2 is 1.96 bits per heavy atom. The van der Waals surface area contributed by atoms with Gasteiger partial charge in [-0.05, 0) is 51.0 Å². The van der Waals surface area contributed by atoms with Gasteiger partial charge in [0.1, 0.15) is 11.4 Å². The predicted octanol–water partition coefficient (Wildman–Crippen LogP) is 3.48. The molecule has 2 heterocycles. The van der Waals surface area contributed by atoms with Crippen molar-refractivity contribution in [2.75, 3.05) is 13.1 Å². The second-order valence-electron chi connectivity index (χ2n) is 7.87. The Hall–Kier alpha value is -2.60. The number of carbonyl (C=O) groups is 1. The van der Waals surface area contributed by atoms with Crippen LogP contribution in [0.2, 0.25) is 0 Å². The second-order valence-corrected chi connectivity index (χ2v) is 7.87. The van der Waals surface area contributed by atoms with Crippen molar-refractivity contribution in [1.82, 2.24) is 15.2 Å². The monoisotopic (exact) mass is 369 g/mol. The zero-order valence-electron chi connectivity index (χ0n) is 16.1. The van der Waals surface area contributed by atoms with E-state index >= 15 is 0 Å². The number of likely N-dealkylation sites (tertiary alicyclic amines) is 1. The maximum absolute atomic E-state index is 12.1. The lowest BCUT2D eigenvalue weighted by atomic mass is 9.97. The third kappa shape index (κ3) is 4.98. The van der Waals surface area contributed by atoms with E-state index in [2.05, 4.69) is 15.2 Å². The number of hydrogen-bond donors (Lipinski definition) is 2. The number of phenols is 1. The topological polar surface area (TPSA) is 74.7 Å². The number of phenolic OH excluding ortho intramolecular Hbond substituents is 1. The minimum atomic E-state index is -0.516. The summed E-state index contributed by atoms with van der Waals surface area (Å²) in [5, 5.41) is 13.4. The Kier molecular flexibility index (Phi) is 5.65. The van der Waals surface area contributed by atoms with Crippen molar-refractivity contribution >= 4 is 6.09 Å². The van der Waals surface area contributed by atoms with Gasteiger partial charge in [0.25, 0.3) is 0 Å². The van der Waals surface area contributed by atoms with E-state index in [-0.39, 0.29) is 17.8 Å². The number of rotatable bonds is 4. The van der Waals surface area contributed by atoms with Crippen LogP contribution in [0.4, 0.5) is 4.79 Å². The minimum absolute atomic E-state index is 0.00930. The number of pyridine rings is 1. The summed E-state index contributed by atoms with van der Waals surface area (Å²) < 4.78 is 5.37. The Labute approximate surface area is 160 Å². The first-order chi connectivity index (χ1) is 12.8. The van der Waals surface area contributed by atoms with E-state index in [1.807, 2.05) is 51.1 Å². The molecular weight excluding hydrogens is 342 g/mol. The predicted molar refractivity (Wildman–Crippen MR) is 104 cm³/mol. The van der Waals surface area contributed by atoms with E-state index in [1.54, 1.807) is 18.5 Å². The Bertz CT molecular complexity index is 774. The summed E-state index contributed by atoms with van der Waals surface area (Å²) in [6.45, 7) is 7.05. The number of ether oxygens (including phenoxy) is 1. The maximum Gasteiger partial charge on any atom is 0.407 e. The number of aromatic nitrogens is 1. The molecule has 6 nitrogen and oxygen atoms in total. The molecule has 0 saturated carbocycles. The van der Waals surface area contributed by atoms with Gasteiger partial charge in [-0.15, -0.1) is 0 Å². The van der Waals surface area contributed by atoms with Gasteiger partial charge in [0.15, 0.2) is 0 Å². The van der Waals surface area contributed by atoms with Crippen LogP contribution in [0.1, 0.15) is 44.4 Å². The number of carbonyl (C=O) groups excluding carboxylic acids is 1. The van der Waals surface area contributed by atoms with Crippen LogP contribution in [0.5, 0.6) is 5.75 Å². The molecule has 1 unspecified atom stereocenters. The smallest absolute Gasteiger partial charge is 0.407 e. The summed E-state index contributed by atoms with van der Waals surface area (Å²) in [6.07, 6.45) is 3.95. The number of amides is 1. The van der Waals surface area contributed by atoms with Crippen LogP contribution in [0.3, 0.4) is 0 Å². The highest BCUT2D eigenvalue weighted by atomic mass is 16.6. The number of nitrogens with zero attached hydrogens (tertiary/aromatic N) is 2. The molecule has 2 N–H and O–H groups in total. The van der Waals surface area contributed by atoms with Gasteiger partial charge < -0.3 is 15.2 Å². The summed E-state index contributed by atoms with van der Waals surface area (Å²) in [5.41, 5.74) is 1.39. The summed E-state index contributed by atoms with van der Waals surface area (Å²) in [5.74, 6) is 0.267. The van der Waals surface area contributed by atoms with Crippen LogP contribution >= 0.6 is 0 Å². The highest BCUT2D eigenvalue weighted by Crippen LogP contribution is 2.35. The van der Waals surface area contributed by atoms with Crippen LogP contribution in [-0.4, -0.2) is 45.8 Å². The van der Waals surface area contributed by atoms with Crippen LogP contribution in [0.25, 0.3) is 0 Å². The Balaban J connectivity index is 1.77. The molecule has 0 aliphatic carbocycles. The van der Waals surface area contributed by atoms with Crippen molar-refractivity contribution in [1.29, 1.82) is 0 Å². The molecule has 1 saturated heterocycles. The van der Waals surface area contributed by atoms with Gasteiger partial charge in [-0.2, -0.15) is 0 Å². The molecule has 1 fully saturated rings. The Morgan fingerprint density at radius 1 is 1.26 bits per heavy atom. The quantitative estimate of drug-likeness (QED) is 0.863. The lowest BCUT2D eigenvalue weighted by Gasteiger charge is -2.29. The third-order valence-corrected chi connectivity index (χ3v) is 4.56. The first kappa shape index (κ1) is 19.2. The van der Waals surface area contributed by atoms with Gasteiger partial charge in [0.2, 0.25) is 0 Å². The number of para-hydroxylation sites is 1. The van der Waals surface area contributed by atoms with Gasteiger partial charge in [-0.1, -0.05) is 18.2 Å². The molecular formula is C21H27N3O3. The maximum atomic E-state index is 12.1. The van der Waals surface area contributed by atoms with Crippen LogP contribution < -0.4 is 5.32 Å². The fourth-order valence-electron chi connectivity index (χ4n) is 3.47. The molecule has 2 atom stereocenters. The summed E-state index contributed by atoms with van der Waals surface area (Å²) in [6, 6.07) is 11.2. The highest BCUT2D eigenvalue weighted by molar-refractivity contribution is 5.68. The fourth-order valence-corrected chi connectivity index (χ4v) is 3.47. The largest absolute Gasteiger partial charge is 0.508 e. The normalized spacial score (nSPS) is 18.9. The molecule has 2 aromatic rings. The minimum Gasteiger partial charge on any atom is -0.508 e. The Morgan fingerprint density at radius 3 is 2.63 bits per heavy atom. The van der Waals surface area contributed by atoms with E-state index < -0.39 is 11.7 Å². The molecule has 6 heteroatoms. The van der Waals surface area contributed by atoms with Crippen molar-refractivity contribution < 1.29 is 14.6 Å². The van der Waals surface area contributed by atoms with E-state index in [4.69, 9.17) is 4.74 Å². The molecule has 1 aromatic heterocycles. The van der Waals surface area contributed by atoms with Crippen molar-refractivity contribution in [3.8, 4) is 5.75 Å². The zero-order chi connectivity index (χ0) is 19.4. The van der Waals surface area contributed by atoms with Gasteiger partial charge in [-0.25, -0.2) is 4.79 Å². The lowest BCUT2D eigenvalue weighted by molar-refractivity contribution is 0.0505. The molecule has 3 rings (SSSR count). The molecule has 144 valence electrons. The van der Waals surface area contributed by atoms with E-state index in [0.717, 1.165) is 24.1 Å². The highest BCUT2D eigenvalue weighted by Gasteiger charge is 2.32. The van der Waals surface area contributed by atoms with Crippen LogP contribution in [-0.2, 0) is 4.74 Å². The number of hydrogen-bond acceptors (Lipinski definition) is 5. The van der Waals surface area contributed by atoms with Gasteiger partial charge in [0.05, 0.1) is 6.04 Å². The van der Waals surface area contributed by atoms with Crippen molar-refractivity contribution in [3.63, 3.8) is 0 Å². The SMILES string of the molecule is CC(C)(C)OC(=O)N[C@@H]1CCN(C(c2ccncc2)c2ccccc2O)C1. The number of benzene rings is 1. The lowest BCUT2D eigenvalue weighted by Crippen LogP contribution is -2.41. The average molecular weight is 369 g/mol. The van der Waals surface area contributed by atoms with Crippen molar-refractivity contribution in [2.24, 2.45) is 0 Å².